The highest BCUT2D eigenvalue weighted by Gasteiger charge is 2.26. The summed E-state index contributed by atoms with van der Waals surface area (Å²) in [7, 11) is 0. The van der Waals surface area contributed by atoms with E-state index in [2.05, 4.69) is 9.97 Å². The molecule has 0 amide bonds. The molecule has 22 heavy (non-hydrogen) atoms. The molecule has 1 atom stereocenters. The molecular formula is C16H19N3O3. The van der Waals surface area contributed by atoms with Gasteiger partial charge >= 0.3 is 5.97 Å². The van der Waals surface area contributed by atoms with Crippen LogP contribution >= 0.6 is 0 Å². The average molecular weight is 301 g/mol. The van der Waals surface area contributed by atoms with Crippen LogP contribution in [0.2, 0.25) is 0 Å². The molecule has 2 aromatic heterocycles. The van der Waals surface area contributed by atoms with Crippen molar-refractivity contribution in [3.8, 4) is 0 Å². The van der Waals surface area contributed by atoms with Gasteiger partial charge in [-0.2, -0.15) is 0 Å². The van der Waals surface area contributed by atoms with E-state index in [0.717, 1.165) is 11.4 Å². The highest BCUT2D eigenvalue weighted by atomic mass is 16.4. The lowest BCUT2D eigenvalue weighted by molar-refractivity contribution is -0.144. The minimum Gasteiger partial charge on any atom is -0.480 e. The Labute approximate surface area is 129 Å². The summed E-state index contributed by atoms with van der Waals surface area (Å²) in [5, 5.41) is 18.6. The fourth-order valence-electron chi connectivity index (χ4n) is 2.26. The number of rotatable bonds is 8. The quantitative estimate of drug-likeness (QED) is 0.764. The molecule has 0 radical (unpaired) electrons. The fraction of sp³-hybridized carbons (Fsp3) is 0.312. The van der Waals surface area contributed by atoms with Crippen LogP contribution in [-0.4, -0.2) is 43.7 Å². The molecule has 0 bridgehead atoms. The van der Waals surface area contributed by atoms with Crippen LogP contribution in [0.3, 0.4) is 0 Å². The van der Waals surface area contributed by atoms with E-state index in [0.29, 0.717) is 13.1 Å². The van der Waals surface area contributed by atoms with Gasteiger partial charge in [0, 0.05) is 32.1 Å². The molecule has 0 aliphatic carbocycles. The summed E-state index contributed by atoms with van der Waals surface area (Å²) in [6.45, 7) is 0.584. The summed E-state index contributed by atoms with van der Waals surface area (Å²) in [6, 6.07) is 10.3. The number of hydrogen-bond acceptors (Lipinski definition) is 5. The first-order valence-electron chi connectivity index (χ1n) is 7.08. The molecule has 0 saturated heterocycles. The number of hydrogen-bond donors (Lipinski definition) is 2. The van der Waals surface area contributed by atoms with Crippen molar-refractivity contribution in [1.29, 1.82) is 0 Å². The normalized spacial score (nSPS) is 12.3. The summed E-state index contributed by atoms with van der Waals surface area (Å²) in [5.41, 5.74) is 1.56. The van der Waals surface area contributed by atoms with Crippen molar-refractivity contribution in [2.75, 3.05) is 6.61 Å². The Kier molecular flexibility index (Phi) is 6.00. The van der Waals surface area contributed by atoms with E-state index in [4.69, 9.17) is 5.11 Å². The lowest BCUT2D eigenvalue weighted by atomic mass is 10.1. The lowest BCUT2D eigenvalue weighted by Gasteiger charge is -2.27. The topological polar surface area (TPSA) is 86.5 Å². The van der Waals surface area contributed by atoms with Gasteiger partial charge in [-0.25, -0.2) is 0 Å². The summed E-state index contributed by atoms with van der Waals surface area (Å²) >= 11 is 0. The van der Waals surface area contributed by atoms with Crippen LogP contribution in [0.1, 0.15) is 17.8 Å². The van der Waals surface area contributed by atoms with E-state index < -0.39 is 12.0 Å². The van der Waals surface area contributed by atoms with Crippen LogP contribution < -0.4 is 0 Å². The van der Waals surface area contributed by atoms with Gasteiger partial charge in [0.2, 0.25) is 0 Å². The number of carbonyl (C=O) groups is 1. The zero-order valence-electron chi connectivity index (χ0n) is 12.2. The Morgan fingerprint density at radius 1 is 1.05 bits per heavy atom. The number of nitrogens with zero attached hydrogens (tertiary/aromatic N) is 3. The first kappa shape index (κ1) is 16.1. The number of carboxylic acids is 1. The van der Waals surface area contributed by atoms with Gasteiger partial charge in [-0.15, -0.1) is 0 Å². The first-order valence-corrected chi connectivity index (χ1v) is 7.08. The molecule has 2 aromatic rings. The Balaban J connectivity index is 2.20. The van der Waals surface area contributed by atoms with E-state index in [1.165, 1.54) is 0 Å². The van der Waals surface area contributed by atoms with Crippen molar-refractivity contribution in [2.45, 2.75) is 25.6 Å². The zero-order valence-corrected chi connectivity index (χ0v) is 12.2. The first-order chi connectivity index (χ1) is 10.7. The van der Waals surface area contributed by atoms with Crippen molar-refractivity contribution in [3.05, 3.63) is 60.2 Å². The molecule has 0 aliphatic heterocycles. The molecule has 0 aromatic carbocycles. The van der Waals surface area contributed by atoms with E-state index in [9.17, 15) is 9.90 Å². The van der Waals surface area contributed by atoms with Crippen LogP contribution in [0.25, 0.3) is 0 Å². The number of aliphatic hydroxyl groups is 1. The maximum absolute atomic E-state index is 11.5. The van der Waals surface area contributed by atoms with E-state index >= 15 is 0 Å². The summed E-state index contributed by atoms with van der Waals surface area (Å²) in [6.07, 6.45) is 3.52. The van der Waals surface area contributed by atoms with Gasteiger partial charge < -0.3 is 10.2 Å². The Bertz CT molecular complexity index is 536. The van der Waals surface area contributed by atoms with Gasteiger partial charge in [0.05, 0.1) is 11.4 Å². The molecular weight excluding hydrogens is 282 g/mol. The Morgan fingerprint density at radius 2 is 1.59 bits per heavy atom. The van der Waals surface area contributed by atoms with Crippen molar-refractivity contribution in [1.82, 2.24) is 14.9 Å². The van der Waals surface area contributed by atoms with E-state index in [1.54, 1.807) is 17.3 Å². The van der Waals surface area contributed by atoms with Gasteiger partial charge in [-0.05, 0) is 30.7 Å². The van der Waals surface area contributed by atoms with Crippen LogP contribution in [0, 0.1) is 0 Å². The predicted octanol–water partition coefficient (Wildman–Crippen LogP) is 1.31. The van der Waals surface area contributed by atoms with Crippen molar-refractivity contribution in [2.24, 2.45) is 0 Å². The third kappa shape index (κ3) is 4.61. The highest BCUT2D eigenvalue weighted by molar-refractivity contribution is 5.73. The zero-order chi connectivity index (χ0) is 15.8. The lowest BCUT2D eigenvalue weighted by Crippen LogP contribution is -2.41. The smallest absolute Gasteiger partial charge is 0.321 e. The monoisotopic (exact) mass is 301 g/mol. The van der Waals surface area contributed by atoms with Crippen molar-refractivity contribution in [3.63, 3.8) is 0 Å². The second-order valence-electron chi connectivity index (χ2n) is 4.91. The van der Waals surface area contributed by atoms with Crippen LogP contribution in [-0.2, 0) is 17.9 Å². The predicted molar refractivity (Wildman–Crippen MR) is 80.8 cm³/mol. The third-order valence-electron chi connectivity index (χ3n) is 3.31. The van der Waals surface area contributed by atoms with E-state index in [1.807, 2.05) is 36.4 Å². The SMILES string of the molecule is O=C(O)[C@H](CCO)N(Cc1ccccn1)Cc1ccccn1. The number of pyridine rings is 2. The minimum atomic E-state index is -0.957. The molecule has 0 fully saturated rings. The second kappa shape index (κ2) is 8.21. The molecule has 0 unspecified atom stereocenters. The van der Waals surface area contributed by atoms with Gasteiger partial charge in [0.1, 0.15) is 6.04 Å². The molecule has 0 spiro atoms. The molecule has 2 heterocycles. The molecule has 0 saturated carbocycles. The number of aromatic nitrogens is 2. The van der Waals surface area contributed by atoms with E-state index in [-0.39, 0.29) is 13.0 Å². The summed E-state index contributed by atoms with van der Waals surface area (Å²) in [4.78, 5) is 21.8. The van der Waals surface area contributed by atoms with Crippen LogP contribution in [0.4, 0.5) is 0 Å². The average Bonchev–Trinajstić information content (AvgIpc) is 2.54. The summed E-state index contributed by atoms with van der Waals surface area (Å²) in [5.74, 6) is -0.957. The minimum absolute atomic E-state index is 0.162. The van der Waals surface area contributed by atoms with Gasteiger partial charge in [0.15, 0.2) is 0 Å². The Hall–Kier alpha value is -2.31. The van der Waals surface area contributed by atoms with Gasteiger partial charge in [0.25, 0.3) is 0 Å². The number of carboxylic acid groups (broad SMARTS) is 1. The van der Waals surface area contributed by atoms with Gasteiger partial charge in [-0.3, -0.25) is 19.7 Å². The number of aliphatic carboxylic acids is 1. The summed E-state index contributed by atoms with van der Waals surface area (Å²) < 4.78 is 0. The second-order valence-corrected chi connectivity index (χ2v) is 4.91. The van der Waals surface area contributed by atoms with Crippen molar-refractivity contribution >= 4 is 5.97 Å². The highest BCUT2D eigenvalue weighted by Crippen LogP contribution is 2.13. The molecule has 116 valence electrons. The molecule has 0 aliphatic rings. The largest absolute Gasteiger partial charge is 0.480 e. The van der Waals surface area contributed by atoms with Crippen molar-refractivity contribution < 1.29 is 15.0 Å². The molecule has 6 nitrogen and oxygen atoms in total. The molecule has 6 heteroatoms. The molecule has 2 N–H and O–H groups in total. The maximum atomic E-state index is 11.5. The number of aliphatic hydroxyl groups excluding tert-OH is 1. The van der Waals surface area contributed by atoms with Crippen LogP contribution in [0.15, 0.2) is 48.8 Å². The Morgan fingerprint density at radius 3 is 1.95 bits per heavy atom. The standard InChI is InChI=1S/C16H19N3O3/c20-10-7-15(16(21)22)19(11-13-5-1-3-8-17-13)12-14-6-2-4-9-18-14/h1-6,8-9,15,20H,7,10-12H2,(H,21,22)/t15-/m0/s1. The van der Waals surface area contributed by atoms with Crippen LogP contribution in [0.5, 0.6) is 0 Å². The molecule has 2 rings (SSSR count). The fourth-order valence-corrected chi connectivity index (χ4v) is 2.26. The third-order valence-corrected chi connectivity index (χ3v) is 3.31. The van der Waals surface area contributed by atoms with Gasteiger partial charge in [-0.1, -0.05) is 12.1 Å². The maximum Gasteiger partial charge on any atom is 0.321 e.